The van der Waals surface area contributed by atoms with E-state index >= 15 is 0 Å². The zero-order valence-corrected chi connectivity index (χ0v) is 19.2. The quantitative estimate of drug-likeness (QED) is 0.401. The number of carbonyl (C=O) groups is 1. The lowest BCUT2D eigenvalue weighted by atomic mass is 10.2. The number of carbonyl (C=O) groups excluding carboxylic acids is 1. The fourth-order valence-corrected chi connectivity index (χ4v) is 3.78. The largest absolute Gasteiger partial charge is 0.437 e. The van der Waals surface area contributed by atoms with Crippen LogP contribution in [-0.4, -0.2) is 34.8 Å². The second-order valence-electron chi connectivity index (χ2n) is 7.80. The summed E-state index contributed by atoms with van der Waals surface area (Å²) in [6, 6.07) is 15.0. The molecule has 34 heavy (non-hydrogen) atoms. The number of hydrogen-bond donors (Lipinski definition) is 1. The van der Waals surface area contributed by atoms with Gasteiger partial charge in [0.05, 0.1) is 17.4 Å². The molecule has 0 bridgehead atoms. The van der Waals surface area contributed by atoms with Crippen molar-refractivity contribution in [3.63, 3.8) is 0 Å². The van der Waals surface area contributed by atoms with Crippen LogP contribution in [0.5, 0.6) is 0 Å². The topological polar surface area (TPSA) is 113 Å². The third-order valence-electron chi connectivity index (χ3n) is 5.51. The highest BCUT2D eigenvalue weighted by molar-refractivity contribution is 6.30. The average molecular weight is 478 g/mol. The molecule has 0 saturated carbocycles. The Morgan fingerprint density at radius 3 is 2.68 bits per heavy atom. The molecule has 0 aliphatic heterocycles. The van der Waals surface area contributed by atoms with E-state index < -0.39 is 11.7 Å². The van der Waals surface area contributed by atoms with Gasteiger partial charge in [-0.2, -0.15) is 4.68 Å². The van der Waals surface area contributed by atoms with E-state index in [2.05, 4.69) is 20.4 Å². The van der Waals surface area contributed by atoms with E-state index in [1.54, 1.807) is 17.9 Å². The monoisotopic (exact) mass is 477 g/mol. The summed E-state index contributed by atoms with van der Waals surface area (Å²) in [4.78, 5) is 33.7. The number of aryl methyl sites for hydroxylation is 1. The lowest BCUT2D eigenvalue weighted by Crippen LogP contribution is -2.26. The summed E-state index contributed by atoms with van der Waals surface area (Å²) in [5, 5.41) is 7.56. The Morgan fingerprint density at radius 1 is 1.15 bits per heavy atom. The molecule has 0 spiro atoms. The molecular weight excluding hydrogens is 458 g/mol. The van der Waals surface area contributed by atoms with Crippen LogP contribution >= 0.6 is 11.6 Å². The predicted octanol–water partition coefficient (Wildman–Crippen LogP) is 3.24. The molecule has 10 nitrogen and oxygen atoms in total. The first-order valence-corrected chi connectivity index (χ1v) is 10.8. The van der Waals surface area contributed by atoms with Gasteiger partial charge in [-0.15, -0.1) is 5.10 Å². The number of aromatic nitrogens is 6. The van der Waals surface area contributed by atoms with Crippen LogP contribution in [0.3, 0.4) is 0 Å². The summed E-state index contributed by atoms with van der Waals surface area (Å²) in [5.41, 5.74) is 3.88. The first-order valence-electron chi connectivity index (χ1n) is 10.4. The number of anilines is 1. The lowest BCUT2D eigenvalue weighted by Gasteiger charge is -2.05. The molecule has 0 aliphatic rings. The summed E-state index contributed by atoms with van der Waals surface area (Å²) in [7, 11) is 1.80. The van der Waals surface area contributed by atoms with Crippen LogP contribution in [-0.2, 0) is 24.9 Å². The van der Waals surface area contributed by atoms with E-state index in [1.807, 2.05) is 60.0 Å². The summed E-state index contributed by atoms with van der Waals surface area (Å²) in [6.45, 7) is 2.10. The van der Waals surface area contributed by atoms with Crippen LogP contribution in [0.2, 0.25) is 5.02 Å². The second-order valence-corrected chi connectivity index (χ2v) is 8.23. The fraction of sp³-hybridized carbons (Fsp3) is 0.174. The van der Waals surface area contributed by atoms with Crippen LogP contribution in [0.15, 0.2) is 64.1 Å². The number of benzene rings is 2. The maximum absolute atomic E-state index is 12.6. The lowest BCUT2D eigenvalue weighted by molar-refractivity contribution is -0.117. The highest BCUT2D eigenvalue weighted by Crippen LogP contribution is 2.20. The number of nitrogens with zero attached hydrogens (tertiary/aromatic N) is 6. The van der Waals surface area contributed by atoms with Gasteiger partial charge in [-0.25, -0.2) is 14.8 Å². The smallest absolute Gasteiger partial charge is 0.386 e. The third-order valence-corrected chi connectivity index (χ3v) is 5.76. The molecule has 172 valence electrons. The van der Waals surface area contributed by atoms with Gasteiger partial charge in [0, 0.05) is 24.3 Å². The van der Waals surface area contributed by atoms with Gasteiger partial charge >= 0.3 is 5.76 Å². The van der Waals surface area contributed by atoms with Crippen LogP contribution in [0.4, 0.5) is 5.95 Å². The Bertz CT molecular complexity index is 1560. The summed E-state index contributed by atoms with van der Waals surface area (Å²) in [5.74, 6) is -0.778. The zero-order valence-electron chi connectivity index (χ0n) is 18.4. The van der Waals surface area contributed by atoms with E-state index in [1.165, 1.54) is 0 Å². The standard InChI is InChI=1S/C23H20ClN7O3/c1-14-20(25-13-30(14)11-15-7-9-16(24)10-8-15)21-28-31(23(33)34-21)12-19(32)27-22-26-17-5-3-4-6-18(17)29(22)2/h3-10,13H,11-12H2,1-2H3,(H,26,27,32). The van der Waals surface area contributed by atoms with Gasteiger partial charge in [0.25, 0.3) is 5.89 Å². The number of amides is 1. The first-order chi connectivity index (χ1) is 16.4. The van der Waals surface area contributed by atoms with Gasteiger partial charge in [-0.05, 0) is 36.8 Å². The van der Waals surface area contributed by atoms with Crippen molar-refractivity contribution in [1.29, 1.82) is 0 Å². The number of imidazole rings is 2. The normalized spacial score (nSPS) is 11.3. The molecule has 0 fully saturated rings. The van der Waals surface area contributed by atoms with E-state index in [0.717, 1.165) is 27.0 Å². The van der Waals surface area contributed by atoms with Gasteiger partial charge in [-0.3, -0.25) is 10.1 Å². The first kappa shape index (κ1) is 21.7. The van der Waals surface area contributed by atoms with Gasteiger partial charge in [0.2, 0.25) is 11.9 Å². The van der Waals surface area contributed by atoms with Crippen molar-refractivity contribution in [2.45, 2.75) is 20.0 Å². The Morgan fingerprint density at radius 2 is 1.91 bits per heavy atom. The Labute approximate surface area is 198 Å². The fourth-order valence-electron chi connectivity index (χ4n) is 3.66. The number of halogens is 1. The molecule has 0 radical (unpaired) electrons. The molecule has 2 aromatic carbocycles. The number of fused-ring (bicyclic) bond motifs is 1. The zero-order chi connectivity index (χ0) is 23.8. The molecule has 5 aromatic rings. The molecule has 5 rings (SSSR count). The molecule has 0 unspecified atom stereocenters. The summed E-state index contributed by atoms with van der Waals surface area (Å²) >= 11 is 5.95. The Kier molecular flexibility index (Phi) is 5.50. The molecule has 3 heterocycles. The van der Waals surface area contributed by atoms with Crippen molar-refractivity contribution in [3.8, 4) is 11.6 Å². The number of hydrogen-bond acceptors (Lipinski definition) is 6. The Hall–Kier alpha value is -4.18. The molecule has 0 aliphatic carbocycles. The number of nitrogens with one attached hydrogen (secondary N) is 1. The van der Waals surface area contributed by atoms with Crippen LogP contribution in [0, 0.1) is 6.92 Å². The minimum Gasteiger partial charge on any atom is -0.386 e. The highest BCUT2D eigenvalue weighted by atomic mass is 35.5. The highest BCUT2D eigenvalue weighted by Gasteiger charge is 2.19. The molecule has 1 N–H and O–H groups in total. The van der Waals surface area contributed by atoms with Crippen molar-refractivity contribution < 1.29 is 9.21 Å². The minimum absolute atomic E-state index is 0.0490. The SMILES string of the molecule is Cc1c(-c2nn(CC(=O)Nc3nc4ccccc4n3C)c(=O)o2)ncn1Cc1ccc(Cl)cc1. The molecule has 0 atom stereocenters. The average Bonchev–Trinajstić information content (AvgIpc) is 3.46. The Balaban J connectivity index is 1.32. The maximum Gasteiger partial charge on any atom is 0.437 e. The predicted molar refractivity (Wildman–Crippen MR) is 127 cm³/mol. The molecule has 11 heteroatoms. The van der Waals surface area contributed by atoms with Crippen LogP contribution in [0.1, 0.15) is 11.3 Å². The minimum atomic E-state index is -0.748. The van der Waals surface area contributed by atoms with Crippen molar-refractivity contribution in [2.24, 2.45) is 7.05 Å². The van der Waals surface area contributed by atoms with Crippen molar-refractivity contribution >= 4 is 34.5 Å². The van der Waals surface area contributed by atoms with Gasteiger partial charge in [0.1, 0.15) is 12.2 Å². The molecule has 0 saturated heterocycles. The molecule has 3 aromatic heterocycles. The van der Waals surface area contributed by atoms with Crippen LogP contribution < -0.4 is 11.1 Å². The van der Waals surface area contributed by atoms with E-state index in [0.29, 0.717) is 23.2 Å². The van der Waals surface area contributed by atoms with E-state index in [4.69, 9.17) is 16.0 Å². The maximum atomic E-state index is 12.6. The van der Waals surface area contributed by atoms with Gasteiger partial charge in [0.15, 0.2) is 0 Å². The van der Waals surface area contributed by atoms with Crippen molar-refractivity contribution in [3.05, 3.63) is 81.7 Å². The number of rotatable bonds is 6. The van der Waals surface area contributed by atoms with Gasteiger partial charge < -0.3 is 13.6 Å². The summed E-state index contributed by atoms with van der Waals surface area (Å²) < 4.78 is 9.93. The van der Waals surface area contributed by atoms with Crippen LogP contribution in [0.25, 0.3) is 22.6 Å². The molecule has 1 amide bonds. The van der Waals surface area contributed by atoms with E-state index in [9.17, 15) is 9.59 Å². The third kappa shape index (κ3) is 4.11. The van der Waals surface area contributed by atoms with Gasteiger partial charge in [-0.1, -0.05) is 35.9 Å². The molecular formula is C23H20ClN7O3. The van der Waals surface area contributed by atoms with E-state index in [-0.39, 0.29) is 12.4 Å². The second kappa shape index (κ2) is 8.64. The van der Waals surface area contributed by atoms with Crippen molar-refractivity contribution in [2.75, 3.05) is 5.32 Å². The summed E-state index contributed by atoms with van der Waals surface area (Å²) in [6.07, 6.45) is 1.65. The number of para-hydroxylation sites is 2. The van der Waals surface area contributed by atoms with Crippen molar-refractivity contribution in [1.82, 2.24) is 28.9 Å².